The number of carbonyl (C=O) groups is 1. The summed E-state index contributed by atoms with van der Waals surface area (Å²) in [6.45, 7) is 0. The van der Waals surface area contributed by atoms with E-state index < -0.39 is 0 Å². The molecular weight excluding hydrogens is 204 g/mol. The van der Waals surface area contributed by atoms with E-state index in [4.69, 9.17) is 0 Å². The summed E-state index contributed by atoms with van der Waals surface area (Å²) in [5.74, 6) is 0.152. The lowest BCUT2D eigenvalue weighted by atomic mass is 10.2. The Balaban J connectivity index is 1.86. The van der Waals surface area contributed by atoms with Crippen LogP contribution in [0, 0.1) is 0 Å². The van der Waals surface area contributed by atoms with Crippen molar-refractivity contribution in [3.05, 3.63) is 24.3 Å². The first-order valence-corrected chi connectivity index (χ1v) is 5.60. The number of urea groups is 1. The van der Waals surface area contributed by atoms with Crippen LogP contribution in [0.1, 0.15) is 25.7 Å². The van der Waals surface area contributed by atoms with E-state index in [2.05, 4.69) is 10.6 Å². The summed E-state index contributed by atoms with van der Waals surface area (Å²) in [5, 5.41) is 14.9. The van der Waals surface area contributed by atoms with E-state index in [1.807, 2.05) is 0 Å². The van der Waals surface area contributed by atoms with Gasteiger partial charge in [-0.25, -0.2) is 4.79 Å². The molecule has 0 atom stereocenters. The Labute approximate surface area is 94.7 Å². The quantitative estimate of drug-likeness (QED) is 0.717. The molecular formula is C12H16N2O2. The van der Waals surface area contributed by atoms with Crippen molar-refractivity contribution >= 4 is 11.7 Å². The van der Waals surface area contributed by atoms with Crippen molar-refractivity contribution in [3.63, 3.8) is 0 Å². The van der Waals surface area contributed by atoms with Gasteiger partial charge < -0.3 is 15.7 Å². The highest BCUT2D eigenvalue weighted by atomic mass is 16.3. The van der Waals surface area contributed by atoms with E-state index in [-0.39, 0.29) is 11.8 Å². The highest BCUT2D eigenvalue weighted by molar-refractivity contribution is 5.89. The van der Waals surface area contributed by atoms with Crippen LogP contribution in [0.25, 0.3) is 0 Å². The van der Waals surface area contributed by atoms with Gasteiger partial charge >= 0.3 is 6.03 Å². The molecule has 2 amide bonds. The summed E-state index contributed by atoms with van der Waals surface area (Å²) in [4.78, 5) is 11.6. The lowest BCUT2D eigenvalue weighted by molar-refractivity contribution is 0.248. The number of amides is 2. The molecule has 1 aromatic rings. The number of phenolic OH excluding ortho intramolecular Hbond substituents is 1. The fraction of sp³-hybridized carbons (Fsp3) is 0.417. The van der Waals surface area contributed by atoms with Crippen molar-refractivity contribution in [1.29, 1.82) is 0 Å². The Hall–Kier alpha value is -1.71. The van der Waals surface area contributed by atoms with Crippen LogP contribution in [0.5, 0.6) is 5.75 Å². The van der Waals surface area contributed by atoms with Crippen LogP contribution in [0.4, 0.5) is 10.5 Å². The summed E-state index contributed by atoms with van der Waals surface area (Å²) >= 11 is 0. The van der Waals surface area contributed by atoms with E-state index in [0.29, 0.717) is 11.7 Å². The number of aromatic hydroxyl groups is 1. The highest BCUT2D eigenvalue weighted by Crippen LogP contribution is 2.18. The van der Waals surface area contributed by atoms with E-state index >= 15 is 0 Å². The number of nitrogens with one attached hydrogen (secondary N) is 2. The summed E-state index contributed by atoms with van der Waals surface area (Å²) in [7, 11) is 0. The van der Waals surface area contributed by atoms with Gasteiger partial charge in [0.25, 0.3) is 0 Å². The van der Waals surface area contributed by atoms with Crippen molar-refractivity contribution in [3.8, 4) is 5.75 Å². The minimum Gasteiger partial charge on any atom is -0.508 e. The first kappa shape index (κ1) is 10.8. The zero-order valence-electron chi connectivity index (χ0n) is 9.07. The van der Waals surface area contributed by atoms with Gasteiger partial charge in [0.05, 0.1) is 0 Å². The minimum absolute atomic E-state index is 0.152. The van der Waals surface area contributed by atoms with Gasteiger partial charge in [0.1, 0.15) is 5.75 Å². The molecule has 1 aromatic carbocycles. The molecule has 0 spiro atoms. The van der Waals surface area contributed by atoms with Crippen LogP contribution in [-0.2, 0) is 0 Å². The molecule has 1 saturated carbocycles. The normalized spacial score (nSPS) is 16.0. The molecule has 0 saturated heterocycles. The number of hydrogen-bond donors (Lipinski definition) is 3. The smallest absolute Gasteiger partial charge is 0.319 e. The average Bonchev–Trinajstić information content (AvgIpc) is 2.70. The molecule has 4 nitrogen and oxygen atoms in total. The second-order valence-electron chi connectivity index (χ2n) is 4.13. The van der Waals surface area contributed by atoms with Crippen molar-refractivity contribution < 1.29 is 9.90 Å². The molecule has 0 unspecified atom stereocenters. The molecule has 1 aliphatic rings. The summed E-state index contributed by atoms with van der Waals surface area (Å²) in [6, 6.07) is 6.64. The van der Waals surface area contributed by atoms with E-state index in [9.17, 15) is 9.90 Å². The number of phenols is 1. The molecule has 0 aromatic heterocycles. The van der Waals surface area contributed by atoms with E-state index in [1.54, 1.807) is 18.2 Å². The van der Waals surface area contributed by atoms with Crippen molar-refractivity contribution in [2.75, 3.05) is 5.32 Å². The van der Waals surface area contributed by atoms with Crippen LogP contribution < -0.4 is 10.6 Å². The Morgan fingerprint density at radius 2 is 2.06 bits per heavy atom. The van der Waals surface area contributed by atoms with Gasteiger partial charge in [0.2, 0.25) is 0 Å². The number of benzene rings is 1. The molecule has 0 radical (unpaired) electrons. The number of rotatable bonds is 2. The molecule has 3 N–H and O–H groups in total. The first-order valence-electron chi connectivity index (χ1n) is 5.60. The van der Waals surface area contributed by atoms with Crippen LogP contribution in [0.3, 0.4) is 0 Å². The lowest BCUT2D eigenvalue weighted by Crippen LogP contribution is -2.36. The third-order valence-electron chi connectivity index (χ3n) is 2.79. The van der Waals surface area contributed by atoms with Crippen LogP contribution >= 0.6 is 0 Å². The summed E-state index contributed by atoms with van der Waals surface area (Å²) < 4.78 is 0. The predicted octanol–water partition coefficient (Wildman–Crippen LogP) is 2.46. The molecule has 2 rings (SSSR count). The number of anilines is 1. The fourth-order valence-electron chi connectivity index (χ4n) is 2.01. The highest BCUT2D eigenvalue weighted by Gasteiger charge is 2.16. The summed E-state index contributed by atoms with van der Waals surface area (Å²) in [6.07, 6.45) is 4.51. The van der Waals surface area contributed by atoms with E-state index in [1.165, 1.54) is 18.9 Å². The summed E-state index contributed by atoms with van der Waals surface area (Å²) in [5.41, 5.74) is 0.607. The van der Waals surface area contributed by atoms with Gasteiger partial charge in [-0.3, -0.25) is 0 Å². The molecule has 0 aliphatic heterocycles. The van der Waals surface area contributed by atoms with Crippen molar-refractivity contribution in [2.45, 2.75) is 31.7 Å². The zero-order chi connectivity index (χ0) is 11.4. The number of hydrogen-bond acceptors (Lipinski definition) is 2. The molecule has 4 heteroatoms. The SMILES string of the molecule is O=C(Nc1cccc(O)c1)NC1CCCC1. The zero-order valence-corrected chi connectivity index (χ0v) is 9.07. The second-order valence-corrected chi connectivity index (χ2v) is 4.13. The molecule has 1 aliphatic carbocycles. The van der Waals surface area contributed by atoms with Gasteiger partial charge in [-0.05, 0) is 25.0 Å². The van der Waals surface area contributed by atoms with Crippen LogP contribution in [0.2, 0.25) is 0 Å². The topological polar surface area (TPSA) is 61.4 Å². The third-order valence-corrected chi connectivity index (χ3v) is 2.79. The van der Waals surface area contributed by atoms with E-state index in [0.717, 1.165) is 12.8 Å². The molecule has 0 heterocycles. The average molecular weight is 220 g/mol. The maximum Gasteiger partial charge on any atom is 0.319 e. The van der Waals surface area contributed by atoms with Gasteiger partial charge in [-0.2, -0.15) is 0 Å². The molecule has 0 bridgehead atoms. The van der Waals surface area contributed by atoms with Crippen LogP contribution in [0.15, 0.2) is 24.3 Å². The maximum absolute atomic E-state index is 11.6. The second kappa shape index (κ2) is 4.88. The van der Waals surface area contributed by atoms with Gasteiger partial charge in [0, 0.05) is 17.8 Å². The Kier molecular flexibility index (Phi) is 3.29. The Morgan fingerprint density at radius 3 is 2.75 bits per heavy atom. The molecule has 1 fully saturated rings. The number of carbonyl (C=O) groups excluding carboxylic acids is 1. The largest absolute Gasteiger partial charge is 0.508 e. The standard InChI is InChI=1S/C12H16N2O2/c15-11-7-3-6-10(8-11)14-12(16)13-9-4-1-2-5-9/h3,6-9,15H,1-2,4-5H2,(H2,13,14,16). The van der Waals surface area contributed by atoms with Crippen molar-refractivity contribution in [2.24, 2.45) is 0 Å². The Morgan fingerprint density at radius 1 is 1.31 bits per heavy atom. The Bertz CT molecular complexity index is 373. The van der Waals surface area contributed by atoms with Gasteiger partial charge in [0.15, 0.2) is 0 Å². The fourth-order valence-corrected chi connectivity index (χ4v) is 2.01. The molecule has 86 valence electrons. The van der Waals surface area contributed by atoms with Gasteiger partial charge in [-0.1, -0.05) is 18.9 Å². The third kappa shape index (κ3) is 2.89. The monoisotopic (exact) mass is 220 g/mol. The molecule has 16 heavy (non-hydrogen) atoms. The maximum atomic E-state index is 11.6. The predicted molar refractivity (Wildman–Crippen MR) is 62.5 cm³/mol. The first-order chi connectivity index (χ1) is 7.74. The minimum atomic E-state index is -0.197. The lowest BCUT2D eigenvalue weighted by Gasteiger charge is -2.12. The van der Waals surface area contributed by atoms with Crippen LogP contribution in [-0.4, -0.2) is 17.2 Å². The van der Waals surface area contributed by atoms with Gasteiger partial charge in [-0.15, -0.1) is 0 Å². The van der Waals surface area contributed by atoms with Crippen molar-refractivity contribution in [1.82, 2.24) is 5.32 Å².